The number of aromatic nitrogens is 1. The molecule has 0 aliphatic carbocycles. The van der Waals surface area contributed by atoms with Crippen molar-refractivity contribution in [2.75, 3.05) is 25.5 Å². The summed E-state index contributed by atoms with van der Waals surface area (Å²) in [4.78, 5) is 7.01. The van der Waals surface area contributed by atoms with E-state index in [0.717, 1.165) is 48.8 Å². The van der Waals surface area contributed by atoms with Gasteiger partial charge in [0.1, 0.15) is 5.75 Å². The summed E-state index contributed by atoms with van der Waals surface area (Å²) in [6, 6.07) is 8.43. The Morgan fingerprint density at radius 1 is 1.07 bits per heavy atom. The van der Waals surface area contributed by atoms with E-state index < -0.39 is 35.2 Å². The second-order valence-corrected chi connectivity index (χ2v) is 11.1. The van der Waals surface area contributed by atoms with Crippen molar-refractivity contribution in [3.63, 3.8) is 0 Å². The summed E-state index contributed by atoms with van der Waals surface area (Å²) in [5, 5.41) is 6.57. The van der Waals surface area contributed by atoms with Gasteiger partial charge in [-0.15, -0.1) is 0 Å². The molecule has 1 unspecified atom stereocenters. The Hall–Kier alpha value is -3.12. The molecule has 41 heavy (non-hydrogen) atoms. The fourth-order valence-corrected chi connectivity index (χ4v) is 6.39. The highest BCUT2D eigenvalue weighted by Crippen LogP contribution is 2.42. The first-order valence-electron chi connectivity index (χ1n) is 13.4. The molecule has 0 amide bonds. The molecule has 6 rings (SSSR count). The third kappa shape index (κ3) is 6.38. The number of alkyl halides is 6. The summed E-state index contributed by atoms with van der Waals surface area (Å²) in [6.07, 6.45) is -5.14. The lowest BCUT2D eigenvalue weighted by molar-refractivity contribution is -0.143. The third-order valence-corrected chi connectivity index (χ3v) is 8.47. The van der Waals surface area contributed by atoms with Crippen molar-refractivity contribution in [1.29, 1.82) is 0 Å². The van der Waals surface area contributed by atoms with Crippen LogP contribution in [0.25, 0.3) is 10.9 Å². The van der Waals surface area contributed by atoms with Gasteiger partial charge in [-0.2, -0.15) is 26.3 Å². The molecule has 5 atom stereocenters. The van der Waals surface area contributed by atoms with Crippen LogP contribution in [0.5, 0.6) is 5.75 Å². The van der Waals surface area contributed by atoms with Crippen LogP contribution < -0.4 is 15.4 Å². The molecule has 0 saturated carbocycles. The molecule has 3 aliphatic heterocycles. The molecular weight excluding hydrogens is 566 g/mol. The number of nitrogens with one attached hydrogen (secondary N) is 2. The van der Waals surface area contributed by atoms with Gasteiger partial charge < -0.3 is 15.4 Å². The van der Waals surface area contributed by atoms with Crippen LogP contribution in [0.4, 0.5) is 32.0 Å². The molecule has 2 aromatic carbocycles. The maximum atomic E-state index is 13.4. The summed E-state index contributed by atoms with van der Waals surface area (Å²) in [6.45, 7) is 4.00. The molecule has 3 aromatic rings. The van der Waals surface area contributed by atoms with Crippen molar-refractivity contribution in [1.82, 2.24) is 15.2 Å². The van der Waals surface area contributed by atoms with Gasteiger partial charge in [-0.1, -0.05) is 13.3 Å². The Bertz CT molecular complexity index is 1400. The maximum absolute atomic E-state index is 13.4. The number of halogens is 6. The van der Waals surface area contributed by atoms with Crippen LogP contribution in [0, 0.1) is 11.8 Å². The molecule has 0 spiro atoms. The van der Waals surface area contributed by atoms with Crippen molar-refractivity contribution in [3.8, 4) is 5.75 Å². The molecule has 2 N–H and O–H groups in total. The number of pyridine rings is 1. The molecule has 1 aromatic heterocycles. The van der Waals surface area contributed by atoms with Crippen LogP contribution in [0.2, 0.25) is 0 Å². The molecule has 2 bridgehead atoms. The summed E-state index contributed by atoms with van der Waals surface area (Å²) in [7, 11) is 1.57. The number of anilines is 1. The number of rotatable bonds is 6. The number of nitrogens with zero attached hydrogens (tertiary/aromatic N) is 2. The summed E-state index contributed by atoms with van der Waals surface area (Å²) >= 11 is 5.48. The first-order chi connectivity index (χ1) is 19.4. The molecule has 4 heterocycles. The zero-order valence-corrected chi connectivity index (χ0v) is 23.3. The van der Waals surface area contributed by atoms with E-state index in [1.54, 1.807) is 13.3 Å². The Morgan fingerprint density at radius 2 is 1.78 bits per heavy atom. The zero-order chi connectivity index (χ0) is 29.5. The van der Waals surface area contributed by atoms with Crippen molar-refractivity contribution in [2.45, 2.75) is 50.6 Å². The van der Waals surface area contributed by atoms with E-state index in [9.17, 15) is 26.3 Å². The number of thiocarbonyl (C=S) groups is 1. The van der Waals surface area contributed by atoms with E-state index in [1.165, 1.54) is 0 Å². The van der Waals surface area contributed by atoms with Crippen LogP contribution in [-0.4, -0.2) is 41.2 Å². The Labute approximate surface area is 239 Å². The summed E-state index contributed by atoms with van der Waals surface area (Å²) in [5.41, 5.74) is -1.66. The van der Waals surface area contributed by atoms with Crippen LogP contribution in [0.15, 0.2) is 48.7 Å². The first-order valence-corrected chi connectivity index (χ1v) is 13.8. The smallest absolute Gasteiger partial charge is 0.416 e. The standard InChI is InChI=1S/C29H30F6N4OS/c1-3-16-15-39-7-6-17(16)10-25(39)26(19-8-18-9-23(40-2)4-5-24(18)36-14-19)38-27(41)37-22-12-20(28(30,31)32)11-21(13-22)29(33,34)35/h4-5,8-9,11-14,16-17,25-26H,3,6-7,10,15H2,1-2H3,(H2,37,38,41)/t16-,17-,25-,26-/m0/s1. The molecular formula is C29H30F6N4OS. The van der Waals surface area contributed by atoms with E-state index in [0.29, 0.717) is 29.7 Å². The molecule has 0 radical (unpaired) electrons. The van der Waals surface area contributed by atoms with Crippen molar-refractivity contribution >= 4 is 33.9 Å². The second kappa shape index (κ2) is 11.3. The van der Waals surface area contributed by atoms with Crippen LogP contribution in [-0.2, 0) is 12.4 Å². The predicted molar refractivity (Wildman–Crippen MR) is 149 cm³/mol. The minimum atomic E-state index is -4.96. The lowest BCUT2D eigenvalue weighted by Gasteiger charge is -2.52. The van der Waals surface area contributed by atoms with E-state index >= 15 is 0 Å². The minimum absolute atomic E-state index is 0.00778. The van der Waals surface area contributed by atoms with E-state index in [2.05, 4.69) is 27.4 Å². The Balaban J connectivity index is 1.47. The van der Waals surface area contributed by atoms with Gasteiger partial charge in [0.25, 0.3) is 0 Å². The van der Waals surface area contributed by atoms with E-state index in [4.69, 9.17) is 17.0 Å². The number of piperidine rings is 3. The molecule has 3 aliphatic rings. The quantitative estimate of drug-likeness (QED) is 0.228. The first kappa shape index (κ1) is 29.4. The molecule has 12 heteroatoms. The monoisotopic (exact) mass is 596 g/mol. The van der Waals surface area contributed by atoms with Gasteiger partial charge in [-0.05, 0) is 91.5 Å². The van der Waals surface area contributed by atoms with Gasteiger partial charge >= 0.3 is 12.4 Å². The zero-order valence-electron chi connectivity index (χ0n) is 22.4. The van der Waals surface area contributed by atoms with Gasteiger partial charge in [0.05, 0.1) is 29.8 Å². The molecule has 3 fully saturated rings. The third-order valence-electron chi connectivity index (χ3n) is 8.25. The normalized spacial score (nSPS) is 23.3. The number of methoxy groups -OCH3 is 1. The SMILES string of the molecule is CC[C@H]1CN2CC[C@H]1C[C@H]2[C@@H](NC(=S)Nc1cc(C(F)(F)F)cc(C(F)(F)F)c1)c1cnc2ccc(OC)cc2c1. The average Bonchev–Trinajstić information content (AvgIpc) is 2.94. The maximum Gasteiger partial charge on any atom is 0.416 e. The molecule has 3 saturated heterocycles. The summed E-state index contributed by atoms with van der Waals surface area (Å²) in [5.74, 6) is 1.76. The Kier molecular flexibility index (Phi) is 8.08. The number of hydrogen-bond donors (Lipinski definition) is 2. The lowest BCUT2D eigenvalue weighted by atomic mass is 9.72. The predicted octanol–water partition coefficient (Wildman–Crippen LogP) is 7.43. The highest BCUT2D eigenvalue weighted by atomic mass is 32.1. The van der Waals surface area contributed by atoms with Crippen LogP contribution in [0.1, 0.15) is 48.9 Å². The van der Waals surface area contributed by atoms with Gasteiger partial charge in [0, 0.05) is 29.9 Å². The fourth-order valence-electron chi connectivity index (χ4n) is 6.15. The molecule has 5 nitrogen and oxygen atoms in total. The fraction of sp³-hybridized carbons (Fsp3) is 0.448. The molecule has 220 valence electrons. The second-order valence-electron chi connectivity index (χ2n) is 10.7. The Morgan fingerprint density at radius 3 is 2.37 bits per heavy atom. The largest absolute Gasteiger partial charge is 0.497 e. The van der Waals surface area contributed by atoms with Crippen LogP contribution in [0.3, 0.4) is 0 Å². The van der Waals surface area contributed by atoms with Crippen molar-refractivity contribution in [2.24, 2.45) is 11.8 Å². The lowest BCUT2D eigenvalue weighted by Crippen LogP contribution is -2.58. The highest BCUT2D eigenvalue weighted by molar-refractivity contribution is 7.80. The van der Waals surface area contributed by atoms with Crippen LogP contribution >= 0.6 is 12.2 Å². The van der Waals surface area contributed by atoms with Gasteiger partial charge in [0.2, 0.25) is 0 Å². The van der Waals surface area contributed by atoms with Gasteiger partial charge in [-0.3, -0.25) is 9.88 Å². The average molecular weight is 597 g/mol. The number of fused-ring (bicyclic) bond motifs is 4. The topological polar surface area (TPSA) is 49.4 Å². The van der Waals surface area contributed by atoms with Gasteiger partial charge in [-0.25, -0.2) is 0 Å². The van der Waals surface area contributed by atoms with E-state index in [-0.39, 0.29) is 17.2 Å². The highest BCUT2D eigenvalue weighted by Gasteiger charge is 2.43. The van der Waals surface area contributed by atoms with Gasteiger partial charge in [0.15, 0.2) is 5.11 Å². The van der Waals surface area contributed by atoms with E-state index in [1.807, 2.05) is 24.3 Å². The number of hydrogen-bond acceptors (Lipinski definition) is 4. The number of ether oxygens (including phenoxy) is 1. The summed E-state index contributed by atoms with van der Waals surface area (Å²) < 4.78 is 85.8. The number of benzene rings is 2. The van der Waals surface area contributed by atoms with Crippen molar-refractivity contribution < 1.29 is 31.1 Å². The van der Waals surface area contributed by atoms with Crippen molar-refractivity contribution in [3.05, 3.63) is 65.4 Å². The minimum Gasteiger partial charge on any atom is -0.497 e.